The predicted octanol–water partition coefficient (Wildman–Crippen LogP) is 3.01. The van der Waals surface area contributed by atoms with Gasteiger partial charge < -0.3 is 34.6 Å². The minimum atomic E-state index is -1.42. The maximum Gasteiger partial charge on any atom is 0.144 e. The van der Waals surface area contributed by atoms with E-state index in [0.717, 1.165) is 22.3 Å². The summed E-state index contributed by atoms with van der Waals surface area (Å²) in [6.07, 6.45) is -4.69. The highest BCUT2D eigenvalue weighted by Crippen LogP contribution is 2.36. The lowest BCUT2D eigenvalue weighted by atomic mass is 9.89. The van der Waals surface area contributed by atoms with Gasteiger partial charge >= 0.3 is 0 Å². The number of ether oxygens (including phenoxy) is 3. The summed E-state index contributed by atoms with van der Waals surface area (Å²) in [5.41, 5.74) is 4.18. The molecule has 0 aliphatic carbocycles. The lowest BCUT2D eigenvalue weighted by molar-refractivity contribution is -0.231. The van der Waals surface area contributed by atoms with Crippen LogP contribution in [0.15, 0.2) is 60.7 Å². The highest BCUT2D eigenvalue weighted by Gasteiger charge is 2.44. The summed E-state index contributed by atoms with van der Waals surface area (Å²) < 4.78 is 31.2. The van der Waals surface area contributed by atoms with E-state index in [1.165, 1.54) is 12.1 Å². The second kappa shape index (κ2) is 10.6. The maximum absolute atomic E-state index is 13.5. The molecule has 1 saturated heterocycles. The first kappa shape index (κ1) is 26.6. The van der Waals surface area contributed by atoms with E-state index in [1.807, 2.05) is 56.3 Å². The van der Waals surface area contributed by atoms with Crippen LogP contribution in [0.2, 0.25) is 0 Å². The Morgan fingerprint density at radius 2 is 1.74 bits per heavy atom. The van der Waals surface area contributed by atoms with E-state index in [1.54, 1.807) is 6.07 Å². The quantitative estimate of drug-likeness (QED) is 0.376. The average Bonchev–Trinajstić information content (AvgIpc) is 3.24. The van der Waals surface area contributed by atoms with Crippen LogP contribution in [0.1, 0.15) is 40.8 Å². The summed E-state index contributed by atoms with van der Waals surface area (Å²) in [4.78, 5) is 0. The van der Waals surface area contributed by atoms with Crippen LogP contribution in [-0.4, -0.2) is 63.7 Å². The number of fused-ring (bicyclic) bond motifs is 1. The van der Waals surface area contributed by atoms with Crippen LogP contribution in [0.5, 0.6) is 11.5 Å². The Bertz CT molecular complexity index is 1280. The third kappa shape index (κ3) is 5.41. The molecule has 1 unspecified atom stereocenters. The lowest BCUT2D eigenvalue weighted by Crippen LogP contribution is -2.55. The number of aryl methyl sites for hydroxylation is 1. The molecular formula is C30H33FO7. The molecule has 2 aliphatic rings. The molecule has 6 atom stereocenters. The van der Waals surface area contributed by atoms with Crippen LogP contribution in [0.25, 0.3) is 0 Å². The number of halogens is 1. The van der Waals surface area contributed by atoms with E-state index in [0.29, 0.717) is 36.5 Å². The Kier molecular flexibility index (Phi) is 7.44. The van der Waals surface area contributed by atoms with Gasteiger partial charge in [-0.05, 0) is 66.3 Å². The first-order chi connectivity index (χ1) is 18.2. The lowest BCUT2D eigenvalue weighted by Gasteiger charge is -2.40. The van der Waals surface area contributed by atoms with E-state index < -0.39 is 42.7 Å². The molecule has 0 radical (unpaired) electrons. The van der Waals surface area contributed by atoms with Gasteiger partial charge in [-0.3, -0.25) is 0 Å². The zero-order chi connectivity index (χ0) is 27.0. The van der Waals surface area contributed by atoms with Gasteiger partial charge in [-0.1, -0.05) is 36.4 Å². The topological polar surface area (TPSA) is 109 Å². The first-order valence-corrected chi connectivity index (χ1v) is 12.7. The van der Waals surface area contributed by atoms with E-state index in [4.69, 9.17) is 14.2 Å². The van der Waals surface area contributed by atoms with Gasteiger partial charge in [0.1, 0.15) is 60.0 Å². The molecule has 2 aliphatic heterocycles. The van der Waals surface area contributed by atoms with Crippen molar-refractivity contribution in [2.45, 2.75) is 62.8 Å². The van der Waals surface area contributed by atoms with E-state index in [-0.39, 0.29) is 5.82 Å². The van der Waals surface area contributed by atoms with E-state index in [2.05, 4.69) is 0 Å². The highest BCUT2D eigenvalue weighted by atomic mass is 19.1. The minimum absolute atomic E-state index is 0.321. The molecule has 7 nitrogen and oxygen atoms in total. The van der Waals surface area contributed by atoms with Gasteiger partial charge in [0.05, 0.1) is 6.61 Å². The summed E-state index contributed by atoms with van der Waals surface area (Å²) in [5.74, 6) is 0.943. The zero-order valence-electron chi connectivity index (χ0n) is 21.4. The van der Waals surface area contributed by atoms with Crippen LogP contribution in [0.3, 0.4) is 0 Å². The van der Waals surface area contributed by atoms with Crippen molar-refractivity contribution in [1.29, 1.82) is 0 Å². The largest absolute Gasteiger partial charge is 0.489 e. The van der Waals surface area contributed by atoms with Gasteiger partial charge in [-0.2, -0.15) is 0 Å². The van der Waals surface area contributed by atoms with Gasteiger partial charge in [0.2, 0.25) is 0 Å². The van der Waals surface area contributed by atoms with Crippen molar-refractivity contribution in [3.05, 3.63) is 94.3 Å². The zero-order valence-corrected chi connectivity index (χ0v) is 21.4. The standard InChI is InChI=1S/C30H33FO7/c1-17-3-6-19(29-28(35)27(34)26(33)25(15-32)37-29)12-21(17)11-18-4-9-23(10-5-18)36-16-30(2)14-20-7-8-22(31)13-24(20)38-30/h3-10,12-13,25-29,32-35H,11,14-16H2,1-2H3/t25-,26-,27+,28-,29+,30?/m1/s1. The number of rotatable bonds is 7. The molecule has 0 saturated carbocycles. The van der Waals surface area contributed by atoms with Crippen molar-refractivity contribution in [1.82, 2.24) is 0 Å². The number of hydrogen-bond donors (Lipinski definition) is 4. The molecule has 38 heavy (non-hydrogen) atoms. The Hall–Kier alpha value is -3.01. The molecule has 2 heterocycles. The Labute approximate surface area is 221 Å². The molecule has 4 N–H and O–H groups in total. The molecule has 3 aromatic rings. The van der Waals surface area contributed by atoms with Gasteiger partial charge in [-0.15, -0.1) is 0 Å². The fourth-order valence-corrected chi connectivity index (χ4v) is 5.15. The second-order valence-corrected chi connectivity index (χ2v) is 10.5. The fourth-order valence-electron chi connectivity index (χ4n) is 5.15. The van der Waals surface area contributed by atoms with E-state index >= 15 is 0 Å². The third-order valence-corrected chi connectivity index (χ3v) is 7.41. The number of hydrogen-bond acceptors (Lipinski definition) is 7. The van der Waals surface area contributed by atoms with Crippen molar-refractivity contribution in [3.8, 4) is 11.5 Å². The third-order valence-electron chi connectivity index (χ3n) is 7.41. The van der Waals surface area contributed by atoms with E-state index in [9.17, 15) is 24.8 Å². The summed E-state index contributed by atoms with van der Waals surface area (Å²) in [6.45, 7) is 3.80. The Morgan fingerprint density at radius 3 is 2.47 bits per heavy atom. The average molecular weight is 525 g/mol. The number of benzene rings is 3. The normalized spacial score (nSPS) is 28.6. The molecule has 0 amide bonds. The van der Waals surface area contributed by atoms with Gasteiger partial charge in [0, 0.05) is 12.5 Å². The fraction of sp³-hybridized carbons (Fsp3) is 0.400. The monoisotopic (exact) mass is 524 g/mol. The molecule has 1 fully saturated rings. The van der Waals surface area contributed by atoms with Crippen LogP contribution in [0, 0.1) is 12.7 Å². The maximum atomic E-state index is 13.5. The van der Waals surface area contributed by atoms with Gasteiger partial charge in [-0.25, -0.2) is 4.39 Å². The Morgan fingerprint density at radius 1 is 0.974 bits per heavy atom. The molecule has 202 valence electrons. The molecule has 8 heteroatoms. The molecule has 5 rings (SSSR count). The number of aliphatic hydroxyl groups excluding tert-OH is 4. The smallest absolute Gasteiger partial charge is 0.144 e. The van der Waals surface area contributed by atoms with Crippen molar-refractivity contribution < 1.29 is 39.0 Å². The number of aliphatic hydroxyl groups is 4. The summed E-state index contributed by atoms with van der Waals surface area (Å²) >= 11 is 0. The molecular weight excluding hydrogens is 491 g/mol. The minimum Gasteiger partial charge on any atom is -0.489 e. The Balaban J connectivity index is 1.23. The summed E-state index contributed by atoms with van der Waals surface area (Å²) in [6, 6.07) is 18.0. The summed E-state index contributed by atoms with van der Waals surface area (Å²) in [5, 5.41) is 40.3. The molecule has 0 aromatic heterocycles. The van der Waals surface area contributed by atoms with Crippen molar-refractivity contribution in [3.63, 3.8) is 0 Å². The predicted molar refractivity (Wildman–Crippen MR) is 138 cm³/mol. The van der Waals surface area contributed by atoms with Crippen LogP contribution >= 0.6 is 0 Å². The van der Waals surface area contributed by atoms with Crippen molar-refractivity contribution >= 4 is 0 Å². The second-order valence-electron chi connectivity index (χ2n) is 10.5. The van der Waals surface area contributed by atoms with Crippen molar-refractivity contribution in [2.75, 3.05) is 13.2 Å². The molecule has 0 spiro atoms. The SMILES string of the molecule is Cc1ccc([C@@H]2O[C@H](CO)[C@@H](O)[C@H](O)[C@H]2O)cc1Cc1ccc(OCC2(C)Cc3ccc(F)cc3O2)cc1. The molecule has 3 aromatic carbocycles. The van der Waals surface area contributed by atoms with Gasteiger partial charge in [0.15, 0.2) is 0 Å². The molecule has 0 bridgehead atoms. The van der Waals surface area contributed by atoms with Crippen molar-refractivity contribution in [2.24, 2.45) is 0 Å². The van der Waals surface area contributed by atoms with Crippen LogP contribution < -0.4 is 9.47 Å². The first-order valence-electron chi connectivity index (χ1n) is 12.7. The van der Waals surface area contributed by atoms with Crippen LogP contribution in [0.4, 0.5) is 4.39 Å². The summed E-state index contributed by atoms with van der Waals surface area (Å²) in [7, 11) is 0. The van der Waals surface area contributed by atoms with Gasteiger partial charge in [0.25, 0.3) is 0 Å². The van der Waals surface area contributed by atoms with Crippen LogP contribution in [-0.2, 0) is 17.6 Å². The highest BCUT2D eigenvalue weighted by molar-refractivity contribution is 5.40.